The molecule has 1 aliphatic heterocycles. The van der Waals surface area contributed by atoms with Gasteiger partial charge in [-0.2, -0.15) is 5.10 Å². The Labute approximate surface area is 127 Å². The van der Waals surface area contributed by atoms with E-state index in [1.165, 1.54) is 0 Å². The number of anilines is 1. The summed E-state index contributed by atoms with van der Waals surface area (Å²) >= 11 is 0. The van der Waals surface area contributed by atoms with E-state index in [0.717, 1.165) is 34.4 Å². The van der Waals surface area contributed by atoms with Crippen LogP contribution in [0, 0.1) is 6.92 Å². The first-order valence-corrected chi connectivity index (χ1v) is 7.48. The smallest absolute Gasteiger partial charge is 0.226 e. The Hall–Kier alpha value is -2.63. The van der Waals surface area contributed by atoms with Gasteiger partial charge < -0.3 is 10.3 Å². The number of aromatic amines is 1. The lowest BCUT2D eigenvalue weighted by Crippen LogP contribution is -2.23. The molecular formula is C16H17N5O. The summed E-state index contributed by atoms with van der Waals surface area (Å²) in [6.07, 6.45) is 4.17. The number of aromatic nitrogens is 4. The van der Waals surface area contributed by atoms with Crippen molar-refractivity contribution in [1.29, 1.82) is 0 Å². The van der Waals surface area contributed by atoms with E-state index >= 15 is 0 Å². The Kier molecular flexibility index (Phi) is 2.79. The summed E-state index contributed by atoms with van der Waals surface area (Å²) in [5, 5.41) is 8.48. The molecule has 4 heterocycles. The predicted octanol–water partition coefficient (Wildman–Crippen LogP) is 2.56. The third-order valence-electron chi connectivity index (χ3n) is 4.41. The van der Waals surface area contributed by atoms with E-state index in [9.17, 15) is 4.79 Å². The molecule has 6 nitrogen and oxygen atoms in total. The summed E-state index contributed by atoms with van der Waals surface area (Å²) in [6, 6.07) is 3.96. The lowest BCUT2D eigenvalue weighted by molar-refractivity contribution is -0.116. The monoisotopic (exact) mass is 295 g/mol. The number of nitrogens with one attached hydrogen (secondary N) is 2. The van der Waals surface area contributed by atoms with Crippen LogP contribution in [0.4, 0.5) is 5.82 Å². The van der Waals surface area contributed by atoms with Crippen molar-refractivity contribution >= 4 is 22.8 Å². The van der Waals surface area contributed by atoms with Gasteiger partial charge in [0.1, 0.15) is 5.65 Å². The molecule has 3 aromatic rings. The van der Waals surface area contributed by atoms with Crippen molar-refractivity contribution in [2.75, 3.05) is 5.32 Å². The van der Waals surface area contributed by atoms with Crippen LogP contribution in [0.25, 0.3) is 11.0 Å². The highest BCUT2D eigenvalue weighted by molar-refractivity contribution is 5.95. The quantitative estimate of drug-likeness (QED) is 0.763. The van der Waals surface area contributed by atoms with Crippen LogP contribution < -0.4 is 5.32 Å². The van der Waals surface area contributed by atoms with Crippen molar-refractivity contribution in [2.24, 2.45) is 0 Å². The number of nitrogens with zero attached hydrogens (tertiary/aromatic N) is 3. The van der Waals surface area contributed by atoms with Gasteiger partial charge in [0.2, 0.25) is 5.91 Å². The van der Waals surface area contributed by atoms with E-state index in [4.69, 9.17) is 0 Å². The molecule has 112 valence electrons. The minimum atomic E-state index is 0.0106. The summed E-state index contributed by atoms with van der Waals surface area (Å²) in [4.78, 5) is 19.6. The Balaban J connectivity index is 1.93. The van der Waals surface area contributed by atoms with Gasteiger partial charge in [-0.3, -0.25) is 9.48 Å². The summed E-state index contributed by atoms with van der Waals surface area (Å²) in [5.41, 5.74) is 4.19. The summed E-state index contributed by atoms with van der Waals surface area (Å²) in [5.74, 6) is 0.720. The SMILES string of the molecule is CCn1nc2c(c1C)C(c1c[nH]c3ncccc13)CC(=O)N2. The predicted molar refractivity (Wildman–Crippen MR) is 83.8 cm³/mol. The Bertz CT molecular complexity index is 876. The number of hydrogen-bond donors (Lipinski definition) is 2. The Morgan fingerprint density at radius 2 is 2.32 bits per heavy atom. The van der Waals surface area contributed by atoms with Gasteiger partial charge in [0, 0.05) is 47.9 Å². The van der Waals surface area contributed by atoms with Crippen LogP contribution in [0.2, 0.25) is 0 Å². The largest absolute Gasteiger partial charge is 0.346 e. The fourth-order valence-electron chi connectivity index (χ4n) is 3.38. The van der Waals surface area contributed by atoms with Crippen LogP contribution >= 0.6 is 0 Å². The van der Waals surface area contributed by atoms with Gasteiger partial charge in [-0.1, -0.05) is 0 Å². The van der Waals surface area contributed by atoms with Crippen LogP contribution in [0.1, 0.15) is 36.1 Å². The molecule has 2 N–H and O–H groups in total. The van der Waals surface area contributed by atoms with Crippen LogP contribution in [0.15, 0.2) is 24.5 Å². The first-order valence-electron chi connectivity index (χ1n) is 7.48. The van der Waals surface area contributed by atoms with Crippen LogP contribution in [-0.2, 0) is 11.3 Å². The number of aryl methyl sites for hydroxylation is 1. The zero-order valence-electron chi connectivity index (χ0n) is 12.6. The van der Waals surface area contributed by atoms with Gasteiger partial charge in [-0.05, 0) is 31.5 Å². The van der Waals surface area contributed by atoms with Crippen molar-refractivity contribution in [3.63, 3.8) is 0 Å². The number of H-pyrrole nitrogens is 1. The maximum atomic E-state index is 12.1. The van der Waals surface area contributed by atoms with Gasteiger partial charge in [0.05, 0.1) is 0 Å². The maximum Gasteiger partial charge on any atom is 0.226 e. The highest BCUT2D eigenvalue weighted by Crippen LogP contribution is 2.40. The summed E-state index contributed by atoms with van der Waals surface area (Å²) in [7, 11) is 0. The normalized spacial score (nSPS) is 17.5. The van der Waals surface area contributed by atoms with Crippen LogP contribution in [0.3, 0.4) is 0 Å². The molecule has 0 spiro atoms. The number of carbonyl (C=O) groups excluding carboxylic acids is 1. The van der Waals surface area contributed by atoms with E-state index in [1.807, 2.05) is 23.0 Å². The van der Waals surface area contributed by atoms with Crippen molar-refractivity contribution in [1.82, 2.24) is 19.7 Å². The average Bonchev–Trinajstić information content (AvgIpc) is 3.08. The average molecular weight is 295 g/mol. The number of rotatable bonds is 2. The van der Waals surface area contributed by atoms with Crippen molar-refractivity contribution < 1.29 is 4.79 Å². The highest BCUT2D eigenvalue weighted by atomic mass is 16.1. The van der Waals surface area contributed by atoms with Crippen molar-refractivity contribution in [3.05, 3.63) is 41.3 Å². The lowest BCUT2D eigenvalue weighted by Gasteiger charge is -2.22. The molecule has 1 atom stereocenters. The molecule has 1 amide bonds. The second-order valence-electron chi connectivity index (χ2n) is 5.61. The fourth-order valence-corrected chi connectivity index (χ4v) is 3.38. The Morgan fingerprint density at radius 3 is 3.14 bits per heavy atom. The van der Waals surface area contributed by atoms with Gasteiger partial charge in [0.25, 0.3) is 0 Å². The van der Waals surface area contributed by atoms with E-state index in [0.29, 0.717) is 12.2 Å². The van der Waals surface area contributed by atoms with E-state index < -0.39 is 0 Å². The molecule has 4 rings (SSSR count). The molecule has 0 fully saturated rings. The number of pyridine rings is 1. The standard InChI is InChI=1S/C16H17N5O/c1-3-21-9(2)14-11(7-13(22)19-16(14)20-21)12-8-18-15-10(12)5-4-6-17-15/h4-6,8,11H,3,7H2,1-2H3,(H,17,18)(H,19,20,22). The lowest BCUT2D eigenvalue weighted by atomic mass is 9.86. The zero-order valence-corrected chi connectivity index (χ0v) is 12.6. The van der Waals surface area contributed by atoms with Gasteiger partial charge in [-0.25, -0.2) is 4.98 Å². The molecule has 6 heteroatoms. The zero-order chi connectivity index (χ0) is 15.3. The molecule has 0 aromatic carbocycles. The molecule has 22 heavy (non-hydrogen) atoms. The van der Waals surface area contributed by atoms with Gasteiger partial charge in [0.15, 0.2) is 5.82 Å². The third-order valence-corrected chi connectivity index (χ3v) is 4.41. The second kappa shape index (κ2) is 4.69. The van der Waals surface area contributed by atoms with E-state index in [2.05, 4.69) is 34.2 Å². The first kappa shape index (κ1) is 13.1. The highest BCUT2D eigenvalue weighted by Gasteiger charge is 2.33. The molecule has 0 bridgehead atoms. The third kappa shape index (κ3) is 1.76. The molecule has 1 unspecified atom stereocenters. The van der Waals surface area contributed by atoms with E-state index in [-0.39, 0.29) is 11.8 Å². The topological polar surface area (TPSA) is 75.6 Å². The number of carbonyl (C=O) groups is 1. The van der Waals surface area contributed by atoms with Crippen LogP contribution in [0.5, 0.6) is 0 Å². The first-order chi connectivity index (χ1) is 10.7. The molecule has 0 radical (unpaired) electrons. The molecule has 0 saturated heterocycles. The summed E-state index contributed by atoms with van der Waals surface area (Å²) < 4.78 is 1.94. The Morgan fingerprint density at radius 1 is 1.45 bits per heavy atom. The molecular weight excluding hydrogens is 278 g/mol. The fraction of sp³-hybridized carbons (Fsp3) is 0.312. The van der Waals surface area contributed by atoms with Crippen molar-refractivity contribution in [2.45, 2.75) is 32.7 Å². The van der Waals surface area contributed by atoms with Crippen LogP contribution in [-0.4, -0.2) is 25.7 Å². The minimum Gasteiger partial charge on any atom is -0.346 e. The molecule has 1 aliphatic rings. The van der Waals surface area contributed by atoms with Gasteiger partial charge >= 0.3 is 0 Å². The summed E-state index contributed by atoms with van der Waals surface area (Å²) in [6.45, 7) is 4.90. The number of amides is 1. The number of fused-ring (bicyclic) bond motifs is 2. The van der Waals surface area contributed by atoms with Crippen molar-refractivity contribution in [3.8, 4) is 0 Å². The van der Waals surface area contributed by atoms with E-state index in [1.54, 1.807) is 6.20 Å². The number of hydrogen-bond acceptors (Lipinski definition) is 3. The maximum absolute atomic E-state index is 12.1. The molecule has 3 aromatic heterocycles. The molecule has 0 aliphatic carbocycles. The second-order valence-corrected chi connectivity index (χ2v) is 5.61. The minimum absolute atomic E-state index is 0.0106. The molecule has 0 saturated carbocycles. The van der Waals surface area contributed by atoms with Gasteiger partial charge in [-0.15, -0.1) is 0 Å².